The van der Waals surface area contributed by atoms with Crippen LogP contribution in [0.1, 0.15) is 16.2 Å². The van der Waals surface area contributed by atoms with Crippen molar-refractivity contribution >= 4 is 11.7 Å². The number of hydrogen-bond acceptors (Lipinski definition) is 3. The smallest absolute Gasteiger partial charge is 0.275 e. The largest absolute Gasteiger partial charge is 0.305 e. The molecular weight excluding hydrogens is 312 g/mol. The summed E-state index contributed by atoms with van der Waals surface area (Å²) in [7, 11) is 0. The highest BCUT2D eigenvalue weighted by atomic mass is 19.1. The van der Waals surface area contributed by atoms with Crippen LogP contribution in [0.2, 0.25) is 0 Å². The van der Waals surface area contributed by atoms with Crippen molar-refractivity contribution in [2.24, 2.45) is 0 Å². The van der Waals surface area contributed by atoms with E-state index in [9.17, 15) is 13.6 Å². The first-order valence-electron chi connectivity index (χ1n) is 7.19. The molecule has 0 fully saturated rings. The van der Waals surface area contributed by atoms with Crippen LogP contribution in [0.5, 0.6) is 0 Å². The molecule has 0 saturated heterocycles. The van der Waals surface area contributed by atoms with Gasteiger partial charge >= 0.3 is 0 Å². The Bertz CT molecular complexity index is 878. The predicted octanol–water partition coefficient (Wildman–Crippen LogP) is 3.98. The van der Waals surface area contributed by atoms with E-state index in [1.807, 2.05) is 0 Å². The van der Waals surface area contributed by atoms with Crippen molar-refractivity contribution in [2.75, 3.05) is 5.32 Å². The van der Waals surface area contributed by atoms with Gasteiger partial charge in [-0.05, 0) is 54.4 Å². The van der Waals surface area contributed by atoms with E-state index < -0.39 is 11.7 Å². The van der Waals surface area contributed by atoms with Gasteiger partial charge in [-0.1, -0.05) is 12.1 Å². The molecule has 24 heavy (non-hydrogen) atoms. The quantitative estimate of drug-likeness (QED) is 0.792. The van der Waals surface area contributed by atoms with Crippen molar-refractivity contribution in [3.05, 3.63) is 77.8 Å². The monoisotopic (exact) mass is 325 g/mol. The Kier molecular flexibility index (Phi) is 4.29. The van der Waals surface area contributed by atoms with Gasteiger partial charge in [0.15, 0.2) is 0 Å². The van der Waals surface area contributed by atoms with Gasteiger partial charge in [-0.3, -0.25) is 4.79 Å². The lowest BCUT2D eigenvalue weighted by Crippen LogP contribution is -2.15. The fraction of sp³-hybridized carbons (Fsp3) is 0.0556. The summed E-state index contributed by atoms with van der Waals surface area (Å²) in [5, 5.41) is 2.56. The highest BCUT2D eigenvalue weighted by molar-refractivity contribution is 6.03. The molecule has 0 atom stereocenters. The summed E-state index contributed by atoms with van der Waals surface area (Å²) < 4.78 is 25.9. The number of carbonyl (C=O) groups is 1. The van der Waals surface area contributed by atoms with Crippen LogP contribution < -0.4 is 5.32 Å². The number of halogens is 2. The van der Waals surface area contributed by atoms with Gasteiger partial charge in [0.2, 0.25) is 0 Å². The third kappa shape index (κ3) is 3.60. The van der Waals surface area contributed by atoms with Crippen molar-refractivity contribution in [1.29, 1.82) is 0 Å². The van der Waals surface area contributed by atoms with Crippen molar-refractivity contribution in [3.63, 3.8) is 0 Å². The number of carbonyl (C=O) groups excluding carboxylic acids is 1. The molecule has 120 valence electrons. The van der Waals surface area contributed by atoms with Crippen LogP contribution in [0.3, 0.4) is 0 Å². The standard InChI is InChI=1S/C18H13F2N3O/c1-11-8-13(12-2-4-14(19)5-3-12)9-16(22-11)18(24)23-17-7-6-15(20)10-21-17/h2-10H,1H3,(H,21,23,24). The predicted molar refractivity (Wildman–Crippen MR) is 86.5 cm³/mol. The molecule has 6 heteroatoms. The van der Waals surface area contributed by atoms with Crippen LogP contribution >= 0.6 is 0 Å². The fourth-order valence-electron chi connectivity index (χ4n) is 2.22. The lowest BCUT2D eigenvalue weighted by Gasteiger charge is -2.08. The van der Waals surface area contributed by atoms with Crippen LogP contribution in [0.4, 0.5) is 14.6 Å². The summed E-state index contributed by atoms with van der Waals surface area (Å²) >= 11 is 0. The summed E-state index contributed by atoms with van der Waals surface area (Å²) in [6.45, 7) is 1.76. The lowest BCUT2D eigenvalue weighted by atomic mass is 10.0. The molecular formula is C18H13F2N3O. The number of amides is 1. The molecule has 0 aliphatic carbocycles. The van der Waals surface area contributed by atoms with Gasteiger partial charge in [-0.25, -0.2) is 18.7 Å². The highest BCUT2D eigenvalue weighted by Gasteiger charge is 2.11. The molecule has 1 amide bonds. The van der Waals surface area contributed by atoms with Crippen LogP contribution in [0, 0.1) is 18.6 Å². The Morgan fingerprint density at radius 2 is 1.67 bits per heavy atom. The first kappa shape index (κ1) is 15.7. The van der Waals surface area contributed by atoms with E-state index in [0.29, 0.717) is 5.69 Å². The molecule has 1 aromatic carbocycles. The number of benzene rings is 1. The first-order valence-corrected chi connectivity index (χ1v) is 7.19. The van der Waals surface area contributed by atoms with E-state index in [0.717, 1.165) is 17.3 Å². The summed E-state index contributed by atoms with van der Waals surface area (Å²) in [5.74, 6) is -1.04. The van der Waals surface area contributed by atoms with Crippen molar-refractivity contribution in [2.45, 2.75) is 6.92 Å². The average Bonchev–Trinajstić information content (AvgIpc) is 2.57. The maximum Gasteiger partial charge on any atom is 0.275 e. The van der Waals surface area contributed by atoms with Crippen LogP contribution in [0.25, 0.3) is 11.1 Å². The second kappa shape index (κ2) is 6.54. The average molecular weight is 325 g/mol. The minimum absolute atomic E-state index is 0.195. The maximum atomic E-state index is 13.0. The van der Waals surface area contributed by atoms with E-state index in [2.05, 4.69) is 15.3 Å². The zero-order valence-electron chi connectivity index (χ0n) is 12.8. The normalized spacial score (nSPS) is 10.5. The zero-order valence-corrected chi connectivity index (χ0v) is 12.8. The fourth-order valence-corrected chi connectivity index (χ4v) is 2.22. The summed E-state index contributed by atoms with van der Waals surface area (Å²) in [5.41, 5.74) is 2.37. The lowest BCUT2D eigenvalue weighted by molar-refractivity contribution is 0.102. The molecule has 0 bridgehead atoms. The second-order valence-electron chi connectivity index (χ2n) is 5.21. The maximum absolute atomic E-state index is 13.0. The number of hydrogen-bond donors (Lipinski definition) is 1. The molecule has 0 radical (unpaired) electrons. The SMILES string of the molecule is Cc1cc(-c2ccc(F)cc2)cc(C(=O)Nc2ccc(F)cn2)n1. The Morgan fingerprint density at radius 3 is 2.33 bits per heavy atom. The molecule has 0 spiro atoms. The Hall–Kier alpha value is -3.15. The minimum Gasteiger partial charge on any atom is -0.305 e. The Labute approximate surface area is 137 Å². The number of nitrogens with zero attached hydrogens (tertiary/aromatic N) is 2. The van der Waals surface area contributed by atoms with E-state index in [-0.39, 0.29) is 17.3 Å². The van der Waals surface area contributed by atoms with Crippen molar-refractivity contribution in [3.8, 4) is 11.1 Å². The summed E-state index contributed by atoms with van der Waals surface area (Å²) in [6, 6.07) is 12.0. The van der Waals surface area contributed by atoms with E-state index >= 15 is 0 Å². The highest BCUT2D eigenvalue weighted by Crippen LogP contribution is 2.21. The van der Waals surface area contributed by atoms with Crippen molar-refractivity contribution in [1.82, 2.24) is 9.97 Å². The van der Waals surface area contributed by atoms with Crippen LogP contribution in [0.15, 0.2) is 54.7 Å². The van der Waals surface area contributed by atoms with Gasteiger partial charge in [0, 0.05) is 5.69 Å². The van der Waals surface area contributed by atoms with E-state index in [4.69, 9.17) is 0 Å². The van der Waals surface area contributed by atoms with Crippen LogP contribution in [-0.4, -0.2) is 15.9 Å². The number of nitrogens with one attached hydrogen (secondary N) is 1. The molecule has 1 N–H and O–H groups in total. The molecule has 2 heterocycles. The van der Waals surface area contributed by atoms with E-state index in [1.165, 1.54) is 24.3 Å². The minimum atomic E-state index is -0.486. The van der Waals surface area contributed by atoms with E-state index in [1.54, 1.807) is 31.2 Å². The number of anilines is 1. The molecule has 2 aromatic heterocycles. The third-order valence-electron chi connectivity index (χ3n) is 3.33. The van der Waals surface area contributed by atoms with Gasteiger partial charge in [0.1, 0.15) is 23.1 Å². The Morgan fingerprint density at radius 1 is 0.958 bits per heavy atom. The molecule has 0 aliphatic rings. The zero-order chi connectivity index (χ0) is 17.1. The number of rotatable bonds is 3. The molecule has 4 nitrogen and oxygen atoms in total. The van der Waals surface area contributed by atoms with Gasteiger partial charge in [-0.15, -0.1) is 0 Å². The Balaban J connectivity index is 1.89. The topological polar surface area (TPSA) is 54.9 Å². The molecule has 3 rings (SSSR count). The summed E-state index contributed by atoms with van der Waals surface area (Å²) in [4.78, 5) is 20.3. The van der Waals surface area contributed by atoms with Gasteiger partial charge in [0.05, 0.1) is 6.20 Å². The van der Waals surface area contributed by atoms with Gasteiger partial charge in [0.25, 0.3) is 5.91 Å². The molecule has 0 unspecified atom stereocenters. The second-order valence-corrected chi connectivity index (χ2v) is 5.21. The number of pyridine rings is 2. The molecule has 0 saturated carbocycles. The van der Waals surface area contributed by atoms with Gasteiger partial charge in [-0.2, -0.15) is 0 Å². The number of aromatic nitrogens is 2. The first-order chi connectivity index (χ1) is 11.5. The molecule has 0 aliphatic heterocycles. The third-order valence-corrected chi connectivity index (χ3v) is 3.33. The van der Waals surface area contributed by atoms with Crippen LogP contribution in [-0.2, 0) is 0 Å². The molecule has 3 aromatic rings. The van der Waals surface area contributed by atoms with Gasteiger partial charge < -0.3 is 5.32 Å². The summed E-state index contributed by atoms with van der Waals surface area (Å²) in [6.07, 6.45) is 1.02. The van der Waals surface area contributed by atoms with Crippen molar-refractivity contribution < 1.29 is 13.6 Å². The number of aryl methyl sites for hydroxylation is 1.